The number of piperazine rings is 1. The molecule has 3 nitrogen and oxygen atoms in total. The molecule has 1 saturated heterocycles. The van der Waals surface area contributed by atoms with E-state index in [0.29, 0.717) is 32.7 Å². The number of rotatable bonds is 6. The molecule has 1 aliphatic heterocycles. The first-order valence-corrected chi connectivity index (χ1v) is 10.6. The summed E-state index contributed by atoms with van der Waals surface area (Å²) in [6, 6.07) is 8.64. The summed E-state index contributed by atoms with van der Waals surface area (Å²) >= 11 is 5.64. The number of hydrogen-bond donors (Lipinski definition) is 1. The molecule has 2 aromatic rings. The Balaban J connectivity index is 1.95. The van der Waals surface area contributed by atoms with Gasteiger partial charge < -0.3 is 5.11 Å². The van der Waals surface area contributed by atoms with Gasteiger partial charge in [-0.25, -0.2) is 0 Å². The summed E-state index contributed by atoms with van der Waals surface area (Å²) in [6.07, 6.45) is -9.83. The van der Waals surface area contributed by atoms with Crippen LogP contribution in [-0.2, 0) is 12.4 Å². The first kappa shape index (κ1) is 24.8. The highest BCUT2D eigenvalue weighted by Gasteiger charge is 2.35. The van der Waals surface area contributed by atoms with E-state index in [9.17, 15) is 31.4 Å². The standard InChI is InChI=1S/C22H23ClF6N2O/c23-13-19(32)14-30-7-9-31(10-8-30)20(15-3-1-5-17(11-15)21(24,25)26)16-4-2-6-18(12-16)22(27,28)29/h1-6,11-12,19-20,32H,7-10,13-14H2. The summed E-state index contributed by atoms with van der Waals surface area (Å²) in [5.41, 5.74) is -1.16. The Hall–Kier alpha value is -1.81. The molecule has 176 valence electrons. The Bertz CT molecular complexity index is 839. The maximum absolute atomic E-state index is 13.3. The minimum Gasteiger partial charge on any atom is -0.391 e. The van der Waals surface area contributed by atoms with E-state index in [-0.39, 0.29) is 17.0 Å². The molecule has 0 aliphatic carbocycles. The number of halogens is 7. The summed E-state index contributed by atoms with van der Waals surface area (Å²) in [5.74, 6) is 0.0807. The van der Waals surface area contributed by atoms with Gasteiger partial charge in [-0.05, 0) is 35.4 Å². The summed E-state index contributed by atoms with van der Waals surface area (Å²) in [6.45, 7) is 2.18. The van der Waals surface area contributed by atoms with Gasteiger partial charge in [0.05, 0.1) is 23.3 Å². The van der Waals surface area contributed by atoms with E-state index in [1.165, 1.54) is 24.3 Å². The van der Waals surface area contributed by atoms with Gasteiger partial charge in [0.2, 0.25) is 0 Å². The van der Waals surface area contributed by atoms with Crippen LogP contribution in [0.4, 0.5) is 26.3 Å². The molecule has 0 amide bonds. The molecule has 0 aromatic heterocycles. The molecule has 1 heterocycles. The van der Waals surface area contributed by atoms with Crippen molar-refractivity contribution < 1.29 is 31.4 Å². The zero-order valence-electron chi connectivity index (χ0n) is 17.0. The van der Waals surface area contributed by atoms with E-state index in [0.717, 1.165) is 24.3 Å². The third-order valence-electron chi connectivity index (χ3n) is 5.48. The van der Waals surface area contributed by atoms with E-state index in [1.54, 1.807) is 0 Å². The van der Waals surface area contributed by atoms with Gasteiger partial charge in [0.25, 0.3) is 0 Å². The van der Waals surface area contributed by atoms with Crippen molar-refractivity contribution in [3.63, 3.8) is 0 Å². The number of hydrogen-bond acceptors (Lipinski definition) is 3. The van der Waals surface area contributed by atoms with Crippen molar-refractivity contribution in [1.82, 2.24) is 9.80 Å². The largest absolute Gasteiger partial charge is 0.416 e. The van der Waals surface area contributed by atoms with Crippen molar-refractivity contribution in [1.29, 1.82) is 0 Å². The molecular formula is C22H23ClF6N2O. The van der Waals surface area contributed by atoms with Gasteiger partial charge in [-0.15, -0.1) is 11.6 Å². The minimum atomic E-state index is -4.56. The van der Waals surface area contributed by atoms with Gasteiger partial charge in [-0.2, -0.15) is 26.3 Å². The lowest BCUT2D eigenvalue weighted by molar-refractivity contribution is -0.138. The lowest BCUT2D eigenvalue weighted by Gasteiger charge is -2.40. The van der Waals surface area contributed by atoms with Crippen LogP contribution < -0.4 is 0 Å². The number of aliphatic hydroxyl groups is 1. The van der Waals surface area contributed by atoms with Gasteiger partial charge in [-0.1, -0.05) is 24.3 Å². The number of nitrogens with zero attached hydrogens (tertiary/aromatic N) is 2. The summed E-state index contributed by atoms with van der Waals surface area (Å²) in [7, 11) is 0. The van der Waals surface area contributed by atoms with Crippen LogP contribution in [0.1, 0.15) is 28.3 Å². The SMILES string of the molecule is OC(CCl)CN1CCN(C(c2cccc(C(F)(F)F)c2)c2cccc(C(F)(F)F)c2)CC1. The summed E-state index contributed by atoms with van der Waals surface area (Å²) < 4.78 is 79.8. The molecule has 0 bridgehead atoms. The second-order valence-corrected chi connectivity index (χ2v) is 8.10. The fourth-order valence-corrected chi connectivity index (χ4v) is 4.03. The normalized spacial score (nSPS) is 17.7. The topological polar surface area (TPSA) is 26.7 Å². The summed E-state index contributed by atoms with van der Waals surface area (Å²) in [4.78, 5) is 3.84. The predicted octanol–water partition coefficient (Wildman–Crippen LogP) is 5.03. The molecule has 0 saturated carbocycles. The molecule has 0 spiro atoms. The average molecular weight is 481 g/mol. The van der Waals surface area contributed by atoms with E-state index in [4.69, 9.17) is 11.6 Å². The molecule has 1 atom stereocenters. The third kappa shape index (κ3) is 6.15. The van der Waals surface area contributed by atoms with Gasteiger partial charge in [0, 0.05) is 38.6 Å². The lowest BCUT2D eigenvalue weighted by atomic mass is 9.93. The van der Waals surface area contributed by atoms with Gasteiger partial charge >= 0.3 is 12.4 Å². The molecule has 1 aliphatic rings. The second-order valence-electron chi connectivity index (χ2n) is 7.79. The maximum atomic E-state index is 13.3. The monoisotopic (exact) mass is 480 g/mol. The second kappa shape index (κ2) is 9.99. The van der Waals surface area contributed by atoms with Crippen LogP contribution in [0, 0.1) is 0 Å². The molecular weight excluding hydrogens is 458 g/mol. The molecule has 2 aromatic carbocycles. The van der Waals surface area contributed by atoms with Crippen LogP contribution in [0.3, 0.4) is 0 Å². The Kier molecular flexibility index (Phi) is 7.75. The molecule has 0 radical (unpaired) electrons. The van der Waals surface area contributed by atoms with Crippen molar-refractivity contribution in [3.05, 3.63) is 70.8 Å². The Morgan fingerprint density at radius 2 is 1.28 bits per heavy atom. The van der Waals surface area contributed by atoms with Crippen LogP contribution in [0.15, 0.2) is 48.5 Å². The lowest BCUT2D eigenvalue weighted by Crippen LogP contribution is -2.49. The number of aliphatic hydroxyl groups excluding tert-OH is 1. The minimum absolute atomic E-state index is 0.0807. The smallest absolute Gasteiger partial charge is 0.391 e. The third-order valence-corrected chi connectivity index (χ3v) is 5.83. The fourth-order valence-electron chi connectivity index (χ4n) is 3.94. The average Bonchev–Trinajstić information content (AvgIpc) is 2.74. The number of β-amino-alcohol motifs (C(OH)–C–C–N with tert-alkyl or cyclic N) is 1. The van der Waals surface area contributed by atoms with Crippen LogP contribution in [0.2, 0.25) is 0 Å². The molecule has 1 fully saturated rings. The number of alkyl halides is 7. The Labute approximate surface area is 187 Å². The van der Waals surface area contributed by atoms with E-state index >= 15 is 0 Å². The first-order valence-electron chi connectivity index (χ1n) is 10.0. The maximum Gasteiger partial charge on any atom is 0.416 e. The zero-order valence-corrected chi connectivity index (χ0v) is 17.8. The van der Waals surface area contributed by atoms with E-state index < -0.39 is 35.6 Å². The Morgan fingerprint density at radius 3 is 1.69 bits per heavy atom. The van der Waals surface area contributed by atoms with Crippen molar-refractivity contribution in [2.45, 2.75) is 24.5 Å². The van der Waals surface area contributed by atoms with Crippen molar-refractivity contribution in [2.75, 3.05) is 38.6 Å². The van der Waals surface area contributed by atoms with E-state index in [2.05, 4.69) is 0 Å². The molecule has 1 unspecified atom stereocenters. The molecule has 3 rings (SSSR count). The Morgan fingerprint density at radius 1 is 0.812 bits per heavy atom. The van der Waals surface area contributed by atoms with Crippen LogP contribution in [0.25, 0.3) is 0 Å². The van der Waals surface area contributed by atoms with Crippen molar-refractivity contribution >= 4 is 11.6 Å². The van der Waals surface area contributed by atoms with Crippen molar-refractivity contribution in [2.24, 2.45) is 0 Å². The van der Waals surface area contributed by atoms with Crippen LogP contribution >= 0.6 is 11.6 Å². The highest BCUT2D eigenvalue weighted by atomic mass is 35.5. The zero-order chi connectivity index (χ0) is 23.5. The molecule has 32 heavy (non-hydrogen) atoms. The summed E-state index contributed by atoms with van der Waals surface area (Å²) in [5, 5.41) is 9.75. The highest BCUT2D eigenvalue weighted by Crippen LogP contribution is 2.37. The van der Waals surface area contributed by atoms with Gasteiger partial charge in [0.15, 0.2) is 0 Å². The highest BCUT2D eigenvalue weighted by molar-refractivity contribution is 6.18. The van der Waals surface area contributed by atoms with E-state index in [1.807, 2.05) is 9.80 Å². The van der Waals surface area contributed by atoms with Gasteiger partial charge in [0.1, 0.15) is 0 Å². The first-order chi connectivity index (χ1) is 15.0. The van der Waals surface area contributed by atoms with Gasteiger partial charge in [-0.3, -0.25) is 9.80 Å². The van der Waals surface area contributed by atoms with Crippen molar-refractivity contribution in [3.8, 4) is 0 Å². The quantitative estimate of drug-likeness (QED) is 0.464. The molecule has 1 N–H and O–H groups in total. The van der Waals surface area contributed by atoms with Crippen LogP contribution in [-0.4, -0.2) is 59.6 Å². The van der Waals surface area contributed by atoms with Crippen LogP contribution in [0.5, 0.6) is 0 Å². The number of benzene rings is 2. The fraction of sp³-hybridized carbons (Fsp3) is 0.455. The predicted molar refractivity (Wildman–Crippen MR) is 109 cm³/mol. The molecule has 10 heteroatoms.